The molecule has 2 atom stereocenters. The van der Waals surface area contributed by atoms with E-state index >= 15 is 0 Å². The molecule has 3 nitrogen and oxygen atoms in total. The molecule has 1 aliphatic heterocycles. The molecule has 1 aromatic rings. The zero-order valence-corrected chi connectivity index (χ0v) is 16.3. The molecule has 1 fully saturated rings. The second kappa shape index (κ2) is 8.35. The number of hydrogen-bond acceptors (Lipinski definition) is 3. The number of hydrogen-bond donors (Lipinski definition) is 1. The van der Waals surface area contributed by atoms with E-state index in [-0.39, 0.29) is 5.41 Å². The number of likely N-dealkylation sites (tertiary alicyclic amines) is 1. The lowest BCUT2D eigenvalue weighted by Gasteiger charge is -2.41. The van der Waals surface area contributed by atoms with Crippen LogP contribution in [0.25, 0.3) is 0 Å². The Morgan fingerprint density at radius 2 is 2.04 bits per heavy atom. The molecule has 2 N–H and O–H groups in total. The lowest BCUT2D eigenvalue weighted by atomic mass is 9.80. The van der Waals surface area contributed by atoms with Gasteiger partial charge < -0.3 is 10.5 Å². The lowest BCUT2D eigenvalue weighted by Crippen LogP contribution is -2.45. The second-order valence-electron chi connectivity index (χ2n) is 8.15. The molecule has 24 heavy (non-hydrogen) atoms. The third-order valence-corrected chi connectivity index (χ3v) is 5.39. The fraction of sp³-hybridized carbons (Fsp3) is 0.714. The van der Waals surface area contributed by atoms with Gasteiger partial charge >= 0.3 is 0 Å². The molecule has 0 bridgehead atoms. The Hall–Kier alpha value is -1.06. The van der Waals surface area contributed by atoms with Gasteiger partial charge in [0.05, 0.1) is 7.11 Å². The molecular weight excluding hydrogens is 296 g/mol. The molecule has 2 rings (SSSR count). The minimum absolute atomic E-state index is 0.135. The highest BCUT2D eigenvalue weighted by atomic mass is 16.5. The van der Waals surface area contributed by atoms with E-state index in [9.17, 15) is 0 Å². The average molecular weight is 333 g/mol. The van der Waals surface area contributed by atoms with E-state index in [0.717, 1.165) is 5.75 Å². The topological polar surface area (TPSA) is 38.5 Å². The molecule has 136 valence electrons. The SMILES string of the molecule is CCCN1CCCCC1C(CN)c1cc(C(C)(C)C)ccc1OC. The van der Waals surface area contributed by atoms with Crippen LogP contribution in [0.3, 0.4) is 0 Å². The number of rotatable bonds is 6. The highest BCUT2D eigenvalue weighted by molar-refractivity contribution is 5.43. The number of ether oxygens (including phenoxy) is 1. The van der Waals surface area contributed by atoms with Crippen molar-refractivity contribution in [1.82, 2.24) is 4.90 Å². The Morgan fingerprint density at radius 3 is 2.62 bits per heavy atom. The van der Waals surface area contributed by atoms with Crippen LogP contribution in [0.1, 0.15) is 70.4 Å². The number of nitrogens with zero attached hydrogens (tertiary/aromatic N) is 1. The number of methoxy groups -OCH3 is 1. The zero-order chi connectivity index (χ0) is 17.7. The van der Waals surface area contributed by atoms with Crippen LogP contribution in [-0.2, 0) is 5.41 Å². The van der Waals surface area contributed by atoms with Crippen molar-refractivity contribution >= 4 is 0 Å². The molecule has 1 saturated heterocycles. The zero-order valence-electron chi connectivity index (χ0n) is 16.3. The molecule has 0 saturated carbocycles. The summed E-state index contributed by atoms with van der Waals surface area (Å²) in [5.74, 6) is 1.33. The van der Waals surface area contributed by atoms with Gasteiger partial charge in [0.1, 0.15) is 5.75 Å². The Kier molecular flexibility index (Phi) is 6.70. The molecule has 1 aliphatic rings. The van der Waals surface area contributed by atoms with Gasteiger partial charge in [-0.3, -0.25) is 4.90 Å². The van der Waals surface area contributed by atoms with Crippen molar-refractivity contribution in [2.75, 3.05) is 26.7 Å². The third-order valence-electron chi connectivity index (χ3n) is 5.39. The van der Waals surface area contributed by atoms with Crippen LogP contribution in [0.5, 0.6) is 5.75 Å². The molecule has 3 heteroatoms. The van der Waals surface area contributed by atoms with Crippen molar-refractivity contribution in [3.8, 4) is 5.75 Å². The van der Waals surface area contributed by atoms with Gasteiger partial charge in [-0.2, -0.15) is 0 Å². The van der Waals surface area contributed by atoms with Gasteiger partial charge in [0, 0.05) is 24.1 Å². The van der Waals surface area contributed by atoms with Gasteiger partial charge in [0.15, 0.2) is 0 Å². The third kappa shape index (κ3) is 4.31. The standard InChI is InChI=1S/C21H36N2O/c1-6-12-23-13-8-7-9-19(23)18(15-22)17-14-16(21(2,3)4)10-11-20(17)24-5/h10-11,14,18-19H,6-9,12-13,15,22H2,1-5H3. The van der Waals surface area contributed by atoms with Crippen LogP contribution in [0.4, 0.5) is 0 Å². The van der Waals surface area contributed by atoms with E-state index < -0.39 is 0 Å². The van der Waals surface area contributed by atoms with Crippen LogP contribution < -0.4 is 10.5 Å². The summed E-state index contributed by atoms with van der Waals surface area (Å²) in [6.07, 6.45) is 5.06. The van der Waals surface area contributed by atoms with Gasteiger partial charge in [-0.1, -0.05) is 46.2 Å². The van der Waals surface area contributed by atoms with Crippen molar-refractivity contribution in [1.29, 1.82) is 0 Å². The molecule has 2 unspecified atom stereocenters. The fourth-order valence-corrected chi connectivity index (χ4v) is 4.02. The molecule has 0 amide bonds. The van der Waals surface area contributed by atoms with Crippen LogP contribution in [0.15, 0.2) is 18.2 Å². The largest absolute Gasteiger partial charge is 0.496 e. The number of nitrogens with two attached hydrogens (primary N) is 1. The van der Waals surface area contributed by atoms with E-state index in [2.05, 4.69) is 50.8 Å². The highest BCUT2D eigenvalue weighted by Crippen LogP contribution is 2.37. The minimum Gasteiger partial charge on any atom is -0.496 e. The summed E-state index contributed by atoms with van der Waals surface area (Å²) in [4.78, 5) is 2.66. The average Bonchev–Trinajstić information content (AvgIpc) is 2.56. The van der Waals surface area contributed by atoms with Crippen molar-refractivity contribution in [2.24, 2.45) is 5.73 Å². The quantitative estimate of drug-likeness (QED) is 0.844. The summed E-state index contributed by atoms with van der Waals surface area (Å²) in [6, 6.07) is 7.20. The van der Waals surface area contributed by atoms with Crippen LogP contribution in [0.2, 0.25) is 0 Å². The first kappa shape index (κ1) is 19.3. The minimum atomic E-state index is 0.135. The highest BCUT2D eigenvalue weighted by Gasteiger charge is 2.32. The van der Waals surface area contributed by atoms with Crippen LogP contribution in [0, 0.1) is 0 Å². The summed E-state index contributed by atoms with van der Waals surface area (Å²) in [7, 11) is 1.77. The number of piperidine rings is 1. The fourth-order valence-electron chi connectivity index (χ4n) is 4.02. The van der Waals surface area contributed by atoms with E-state index in [1.54, 1.807) is 7.11 Å². The van der Waals surface area contributed by atoms with Crippen molar-refractivity contribution < 1.29 is 4.74 Å². The predicted octanol–water partition coefficient (Wildman–Crippen LogP) is 4.30. The van der Waals surface area contributed by atoms with E-state index in [4.69, 9.17) is 10.5 Å². The van der Waals surface area contributed by atoms with Crippen molar-refractivity contribution in [2.45, 2.75) is 70.8 Å². The monoisotopic (exact) mass is 332 g/mol. The normalized spacial score (nSPS) is 20.8. The van der Waals surface area contributed by atoms with Gasteiger partial charge in [0.25, 0.3) is 0 Å². The number of benzene rings is 1. The maximum atomic E-state index is 6.29. The van der Waals surface area contributed by atoms with E-state index in [0.29, 0.717) is 18.5 Å². The summed E-state index contributed by atoms with van der Waals surface area (Å²) < 4.78 is 5.71. The first-order valence-corrected chi connectivity index (χ1v) is 9.54. The van der Waals surface area contributed by atoms with Crippen molar-refractivity contribution in [3.05, 3.63) is 29.3 Å². The molecule has 1 heterocycles. The summed E-state index contributed by atoms with van der Waals surface area (Å²) in [6.45, 7) is 12.1. The van der Waals surface area contributed by atoms with Crippen LogP contribution in [-0.4, -0.2) is 37.7 Å². The van der Waals surface area contributed by atoms with Crippen LogP contribution >= 0.6 is 0 Å². The maximum absolute atomic E-state index is 6.29. The summed E-state index contributed by atoms with van der Waals surface area (Å²) >= 11 is 0. The first-order valence-electron chi connectivity index (χ1n) is 9.54. The smallest absolute Gasteiger partial charge is 0.122 e. The Labute approximate surface area is 148 Å². The lowest BCUT2D eigenvalue weighted by molar-refractivity contribution is 0.126. The first-order chi connectivity index (χ1) is 11.4. The second-order valence-corrected chi connectivity index (χ2v) is 8.15. The van der Waals surface area contributed by atoms with Gasteiger partial charge in [-0.25, -0.2) is 0 Å². The molecular formula is C21H36N2O. The molecule has 1 aromatic carbocycles. The summed E-state index contributed by atoms with van der Waals surface area (Å²) in [5, 5.41) is 0. The van der Waals surface area contributed by atoms with E-state index in [1.165, 1.54) is 49.9 Å². The molecule has 0 spiro atoms. The van der Waals surface area contributed by atoms with Gasteiger partial charge in [0.2, 0.25) is 0 Å². The van der Waals surface area contributed by atoms with Gasteiger partial charge in [-0.05, 0) is 49.4 Å². The Bertz CT molecular complexity index is 519. The summed E-state index contributed by atoms with van der Waals surface area (Å²) in [5.41, 5.74) is 9.08. The van der Waals surface area contributed by atoms with Gasteiger partial charge in [-0.15, -0.1) is 0 Å². The predicted molar refractivity (Wildman–Crippen MR) is 103 cm³/mol. The maximum Gasteiger partial charge on any atom is 0.122 e. The van der Waals surface area contributed by atoms with E-state index in [1.807, 2.05) is 0 Å². The Morgan fingerprint density at radius 1 is 1.29 bits per heavy atom. The Balaban J connectivity index is 2.40. The molecule has 0 aliphatic carbocycles. The molecule has 0 aromatic heterocycles. The van der Waals surface area contributed by atoms with Crippen molar-refractivity contribution in [3.63, 3.8) is 0 Å². The molecule has 0 radical (unpaired) electrons.